The summed E-state index contributed by atoms with van der Waals surface area (Å²) in [6.07, 6.45) is 2.29. The van der Waals surface area contributed by atoms with E-state index in [1.54, 1.807) is 12.1 Å². The molecule has 2 fully saturated rings. The van der Waals surface area contributed by atoms with Crippen LogP contribution in [-0.4, -0.2) is 59.1 Å². The molecule has 4 amide bonds. The highest BCUT2D eigenvalue weighted by molar-refractivity contribution is 6.24. The Kier molecular flexibility index (Phi) is 6.49. The quantitative estimate of drug-likeness (QED) is 0.620. The van der Waals surface area contributed by atoms with Crippen LogP contribution < -0.4 is 11.1 Å². The topological polar surface area (TPSA) is 113 Å². The summed E-state index contributed by atoms with van der Waals surface area (Å²) in [5.41, 5.74) is 8.94. The number of likely N-dealkylation sites (tertiary alicyclic amines) is 1. The maximum atomic E-state index is 13.3. The third-order valence-corrected chi connectivity index (χ3v) is 7.63. The summed E-state index contributed by atoms with van der Waals surface area (Å²) in [5, 5.41) is 2.24. The molecule has 0 radical (unpaired) electrons. The molecule has 3 heterocycles. The van der Waals surface area contributed by atoms with Gasteiger partial charge in [0.2, 0.25) is 11.8 Å². The van der Waals surface area contributed by atoms with E-state index in [0.717, 1.165) is 36.4 Å². The molecule has 5 rings (SSSR count). The third-order valence-electron chi connectivity index (χ3n) is 7.63. The Balaban J connectivity index is 1.28. The standard InChI is InChI=1S/C27H30N4O4/c28-15-21(17-5-2-1-3-6-17)18-11-13-30(14-12-18)16-19-7-4-8-20-24(19)27(35)31(26(20)34)22-9-10-23(32)29-25(22)33/h1-8,18,21-22H,9-16,28H2,(H,29,32,33). The summed E-state index contributed by atoms with van der Waals surface area (Å²) in [4.78, 5) is 53.6. The van der Waals surface area contributed by atoms with Gasteiger partial charge < -0.3 is 5.73 Å². The molecule has 8 heteroatoms. The predicted octanol–water partition coefficient (Wildman–Crippen LogP) is 2.04. The van der Waals surface area contributed by atoms with Crippen LogP contribution in [0.15, 0.2) is 48.5 Å². The van der Waals surface area contributed by atoms with Gasteiger partial charge in [0.25, 0.3) is 11.8 Å². The summed E-state index contributed by atoms with van der Waals surface area (Å²) < 4.78 is 0. The molecule has 2 saturated heterocycles. The van der Waals surface area contributed by atoms with Crippen LogP contribution in [0.5, 0.6) is 0 Å². The fourth-order valence-corrected chi connectivity index (χ4v) is 5.77. The van der Waals surface area contributed by atoms with E-state index in [1.165, 1.54) is 5.56 Å². The Morgan fingerprint density at radius 3 is 2.34 bits per heavy atom. The Hall–Kier alpha value is -3.36. The van der Waals surface area contributed by atoms with Gasteiger partial charge in [0.1, 0.15) is 6.04 Å². The zero-order valence-corrected chi connectivity index (χ0v) is 19.6. The molecule has 3 aliphatic rings. The molecule has 0 aliphatic carbocycles. The smallest absolute Gasteiger partial charge is 0.262 e. The molecule has 2 unspecified atom stereocenters. The first-order chi connectivity index (χ1) is 17.0. The van der Waals surface area contributed by atoms with Crippen LogP contribution in [-0.2, 0) is 16.1 Å². The number of rotatable bonds is 6. The summed E-state index contributed by atoms with van der Waals surface area (Å²) in [5.74, 6) is -1.04. The van der Waals surface area contributed by atoms with Crippen molar-refractivity contribution >= 4 is 23.6 Å². The Labute approximate surface area is 204 Å². The molecule has 182 valence electrons. The van der Waals surface area contributed by atoms with Crippen molar-refractivity contribution in [2.24, 2.45) is 11.7 Å². The van der Waals surface area contributed by atoms with E-state index in [0.29, 0.717) is 36.1 Å². The largest absolute Gasteiger partial charge is 0.330 e. The first-order valence-electron chi connectivity index (χ1n) is 12.3. The number of piperidine rings is 2. The molecule has 0 bridgehead atoms. The van der Waals surface area contributed by atoms with Crippen LogP contribution >= 0.6 is 0 Å². The Morgan fingerprint density at radius 1 is 0.914 bits per heavy atom. The van der Waals surface area contributed by atoms with Gasteiger partial charge in [-0.2, -0.15) is 0 Å². The third kappa shape index (κ3) is 4.39. The van der Waals surface area contributed by atoms with Gasteiger partial charge in [-0.05, 0) is 67.9 Å². The Morgan fingerprint density at radius 2 is 1.66 bits per heavy atom. The van der Waals surface area contributed by atoms with Crippen LogP contribution in [0.1, 0.15) is 63.4 Å². The molecule has 2 atom stereocenters. The van der Waals surface area contributed by atoms with Gasteiger partial charge in [-0.1, -0.05) is 42.5 Å². The van der Waals surface area contributed by atoms with Crippen LogP contribution in [0, 0.1) is 5.92 Å². The molecular formula is C27H30N4O4. The van der Waals surface area contributed by atoms with Crippen LogP contribution in [0.3, 0.4) is 0 Å². The van der Waals surface area contributed by atoms with Crippen molar-refractivity contribution in [1.82, 2.24) is 15.1 Å². The lowest BCUT2D eigenvalue weighted by molar-refractivity contribution is -0.136. The van der Waals surface area contributed by atoms with Gasteiger partial charge in [0.05, 0.1) is 11.1 Å². The van der Waals surface area contributed by atoms with E-state index in [2.05, 4.69) is 34.5 Å². The molecule has 2 aromatic carbocycles. The zero-order valence-electron chi connectivity index (χ0n) is 19.6. The number of carbonyl (C=O) groups is 4. The van der Waals surface area contributed by atoms with Gasteiger partial charge >= 0.3 is 0 Å². The second-order valence-electron chi connectivity index (χ2n) is 9.65. The SMILES string of the molecule is NCC(c1ccccc1)C1CCN(Cc2cccc3c2C(=O)N(C2CCC(=O)NC2=O)C3=O)CC1. The number of nitrogens with two attached hydrogens (primary N) is 1. The van der Waals surface area contributed by atoms with E-state index in [9.17, 15) is 19.2 Å². The molecule has 0 spiro atoms. The van der Waals surface area contributed by atoms with Gasteiger partial charge in [0, 0.05) is 13.0 Å². The normalized spacial score (nSPS) is 22.3. The van der Waals surface area contributed by atoms with Crippen molar-refractivity contribution in [1.29, 1.82) is 0 Å². The predicted molar refractivity (Wildman–Crippen MR) is 129 cm³/mol. The molecule has 0 aromatic heterocycles. The number of imide groups is 2. The minimum Gasteiger partial charge on any atom is -0.330 e. The molecule has 3 N–H and O–H groups in total. The average Bonchev–Trinajstić information content (AvgIpc) is 3.12. The summed E-state index contributed by atoms with van der Waals surface area (Å²) in [6.45, 7) is 2.96. The van der Waals surface area contributed by atoms with Crippen molar-refractivity contribution in [2.75, 3.05) is 19.6 Å². The molecule has 3 aliphatic heterocycles. The number of fused-ring (bicyclic) bond motifs is 1. The van der Waals surface area contributed by atoms with E-state index >= 15 is 0 Å². The maximum absolute atomic E-state index is 13.3. The minimum atomic E-state index is -0.949. The van der Waals surface area contributed by atoms with E-state index in [4.69, 9.17) is 5.73 Å². The lowest BCUT2D eigenvalue weighted by atomic mass is 9.80. The van der Waals surface area contributed by atoms with Crippen LogP contribution in [0.25, 0.3) is 0 Å². The fraction of sp³-hybridized carbons (Fsp3) is 0.407. The van der Waals surface area contributed by atoms with Crippen molar-refractivity contribution in [2.45, 2.75) is 44.2 Å². The van der Waals surface area contributed by atoms with Crippen molar-refractivity contribution in [3.8, 4) is 0 Å². The van der Waals surface area contributed by atoms with Gasteiger partial charge in [-0.25, -0.2) is 0 Å². The summed E-state index contributed by atoms with van der Waals surface area (Å²) >= 11 is 0. The highest BCUT2D eigenvalue weighted by atomic mass is 16.2. The molecular weight excluding hydrogens is 444 g/mol. The van der Waals surface area contributed by atoms with Crippen molar-refractivity contribution < 1.29 is 19.2 Å². The maximum Gasteiger partial charge on any atom is 0.262 e. The van der Waals surface area contributed by atoms with Crippen molar-refractivity contribution in [3.05, 3.63) is 70.8 Å². The molecule has 0 saturated carbocycles. The number of nitrogens with one attached hydrogen (secondary N) is 1. The number of amides is 4. The van der Waals surface area contributed by atoms with E-state index < -0.39 is 23.8 Å². The zero-order chi connectivity index (χ0) is 24.5. The highest BCUT2D eigenvalue weighted by Gasteiger charge is 2.45. The second-order valence-corrected chi connectivity index (χ2v) is 9.65. The number of benzene rings is 2. The monoisotopic (exact) mass is 474 g/mol. The lowest BCUT2D eigenvalue weighted by Crippen LogP contribution is -2.54. The first kappa shape index (κ1) is 23.4. The second kappa shape index (κ2) is 9.71. The fourth-order valence-electron chi connectivity index (χ4n) is 5.77. The van der Waals surface area contributed by atoms with Crippen LogP contribution in [0.4, 0.5) is 0 Å². The van der Waals surface area contributed by atoms with Crippen LogP contribution in [0.2, 0.25) is 0 Å². The van der Waals surface area contributed by atoms with E-state index in [-0.39, 0.29) is 18.7 Å². The first-order valence-corrected chi connectivity index (χ1v) is 12.3. The number of carbonyl (C=O) groups excluding carboxylic acids is 4. The van der Waals surface area contributed by atoms with Crippen molar-refractivity contribution in [3.63, 3.8) is 0 Å². The summed E-state index contributed by atoms with van der Waals surface area (Å²) in [7, 11) is 0. The number of hydrogen-bond acceptors (Lipinski definition) is 6. The van der Waals surface area contributed by atoms with E-state index in [1.807, 2.05) is 12.1 Å². The average molecular weight is 475 g/mol. The number of hydrogen-bond donors (Lipinski definition) is 2. The van der Waals surface area contributed by atoms with Gasteiger partial charge in [0.15, 0.2) is 0 Å². The minimum absolute atomic E-state index is 0.110. The molecule has 8 nitrogen and oxygen atoms in total. The summed E-state index contributed by atoms with van der Waals surface area (Å²) in [6, 6.07) is 14.8. The van der Waals surface area contributed by atoms with Gasteiger partial charge in [-0.15, -0.1) is 0 Å². The van der Waals surface area contributed by atoms with Gasteiger partial charge in [-0.3, -0.25) is 34.3 Å². The number of nitrogens with zero attached hydrogens (tertiary/aromatic N) is 2. The molecule has 35 heavy (non-hydrogen) atoms. The highest BCUT2D eigenvalue weighted by Crippen LogP contribution is 2.34. The Bertz CT molecular complexity index is 1160. The molecule has 2 aromatic rings. The lowest BCUT2D eigenvalue weighted by Gasteiger charge is -2.36.